The molecule has 6 nitrogen and oxygen atoms in total. The standard InChI is InChI=1S/C27H30ClNO5/c1-16-19(3-2-12-29-16)9-8-17-4-6-18(7-5-17)13-21-14-20(10-11-22(21)28)27-26(33)25(32)24(31)23(15-30)34-27/h2-4,6-7,10-12,14,16-17,19,23-27,30-33H,5,13,15H2,1H3/t16?,17?,19?,23-,24-,25+,26-,27+/m1/s1. The van der Waals surface area contributed by atoms with E-state index >= 15 is 0 Å². The highest BCUT2D eigenvalue weighted by Crippen LogP contribution is 2.34. The number of benzene rings is 1. The molecule has 4 N–H and O–H groups in total. The molecule has 1 aromatic rings. The smallest absolute Gasteiger partial charge is 0.113 e. The zero-order valence-electron chi connectivity index (χ0n) is 19.0. The molecule has 0 amide bonds. The number of nitrogens with zero attached hydrogens (tertiary/aromatic N) is 1. The summed E-state index contributed by atoms with van der Waals surface area (Å²) in [4.78, 5) is 4.38. The Kier molecular flexibility index (Phi) is 8.05. The Morgan fingerprint density at radius 1 is 1.12 bits per heavy atom. The fourth-order valence-electron chi connectivity index (χ4n) is 4.39. The SMILES string of the molecule is CC1N=CC=CC1C#CC1C=CC(Cc2cc([C@@H]3O[C@H](CO)[C@@H](O)[C@H](O)[C@H]3O)ccc2Cl)=CC1. The summed E-state index contributed by atoms with van der Waals surface area (Å²) >= 11 is 6.45. The minimum Gasteiger partial charge on any atom is -0.394 e. The van der Waals surface area contributed by atoms with Gasteiger partial charge in [0.25, 0.3) is 0 Å². The van der Waals surface area contributed by atoms with Crippen molar-refractivity contribution in [1.82, 2.24) is 0 Å². The molecule has 180 valence electrons. The number of dihydropyridines is 1. The van der Waals surface area contributed by atoms with Crippen molar-refractivity contribution >= 4 is 17.8 Å². The molecule has 0 spiro atoms. The normalized spacial score (nSPS) is 34.9. The lowest BCUT2D eigenvalue weighted by molar-refractivity contribution is -0.231. The number of aliphatic hydroxyl groups excluding tert-OH is 4. The summed E-state index contributed by atoms with van der Waals surface area (Å²) in [7, 11) is 0. The van der Waals surface area contributed by atoms with E-state index < -0.39 is 37.1 Å². The molecule has 2 heterocycles. The topological polar surface area (TPSA) is 103 Å². The van der Waals surface area contributed by atoms with Gasteiger partial charge < -0.3 is 25.2 Å². The molecule has 7 heteroatoms. The van der Waals surface area contributed by atoms with E-state index in [0.29, 0.717) is 17.0 Å². The first-order valence-corrected chi connectivity index (χ1v) is 11.9. The summed E-state index contributed by atoms with van der Waals surface area (Å²) in [6.45, 7) is 1.60. The molecule has 0 saturated carbocycles. The number of ether oxygens (including phenoxy) is 1. The first-order chi connectivity index (χ1) is 16.4. The van der Waals surface area contributed by atoms with Crippen LogP contribution in [0.1, 0.15) is 30.6 Å². The van der Waals surface area contributed by atoms with Crippen LogP contribution in [-0.4, -0.2) is 63.7 Å². The Morgan fingerprint density at radius 3 is 2.65 bits per heavy atom. The average Bonchev–Trinajstić information content (AvgIpc) is 2.85. The van der Waals surface area contributed by atoms with Crippen LogP contribution in [0, 0.1) is 23.7 Å². The molecule has 2 aliphatic heterocycles. The molecule has 3 unspecified atom stereocenters. The van der Waals surface area contributed by atoms with Crippen LogP contribution in [0.5, 0.6) is 0 Å². The number of aliphatic hydroxyl groups is 4. The van der Waals surface area contributed by atoms with Crippen LogP contribution in [0.4, 0.5) is 0 Å². The van der Waals surface area contributed by atoms with E-state index in [1.54, 1.807) is 12.1 Å². The highest BCUT2D eigenvalue weighted by Gasteiger charge is 2.44. The van der Waals surface area contributed by atoms with Gasteiger partial charge >= 0.3 is 0 Å². The molecule has 1 saturated heterocycles. The van der Waals surface area contributed by atoms with Gasteiger partial charge in [-0.3, -0.25) is 4.99 Å². The van der Waals surface area contributed by atoms with Crippen LogP contribution < -0.4 is 0 Å². The van der Waals surface area contributed by atoms with Gasteiger partial charge in [0.1, 0.15) is 30.5 Å². The maximum Gasteiger partial charge on any atom is 0.113 e. The zero-order valence-corrected chi connectivity index (χ0v) is 19.7. The van der Waals surface area contributed by atoms with E-state index in [2.05, 4.69) is 48.1 Å². The van der Waals surface area contributed by atoms with Crippen molar-refractivity contribution in [2.75, 3.05) is 6.61 Å². The minimum absolute atomic E-state index is 0.146. The third-order valence-corrected chi connectivity index (χ3v) is 6.91. The maximum absolute atomic E-state index is 10.4. The monoisotopic (exact) mass is 483 g/mol. The van der Waals surface area contributed by atoms with Crippen molar-refractivity contribution in [3.63, 3.8) is 0 Å². The molecular formula is C27H30ClNO5. The quantitative estimate of drug-likeness (QED) is 0.493. The van der Waals surface area contributed by atoms with Gasteiger partial charge in [0, 0.05) is 17.2 Å². The predicted octanol–water partition coefficient (Wildman–Crippen LogP) is 2.55. The lowest BCUT2D eigenvalue weighted by Gasteiger charge is -2.40. The second-order valence-electron chi connectivity index (χ2n) is 9.00. The van der Waals surface area contributed by atoms with Crippen LogP contribution in [0.3, 0.4) is 0 Å². The number of hydrogen-bond donors (Lipinski definition) is 4. The molecule has 34 heavy (non-hydrogen) atoms. The van der Waals surface area contributed by atoms with Crippen molar-refractivity contribution in [3.05, 3.63) is 70.3 Å². The van der Waals surface area contributed by atoms with E-state index in [0.717, 1.165) is 17.6 Å². The molecule has 4 rings (SSSR count). The fraction of sp³-hybridized carbons (Fsp3) is 0.444. The van der Waals surface area contributed by atoms with Crippen molar-refractivity contribution in [2.45, 2.75) is 56.3 Å². The van der Waals surface area contributed by atoms with Gasteiger partial charge in [-0.15, -0.1) is 0 Å². The van der Waals surface area contributed by atoms with Gasteiger partial charge in [-0.05, 0) is 48.6 Å². The summed E-state index contributed by atoms with van der Waals surface area (Å²) in [6.07, 6.45) is 7.62. The van der Waals surface area contributed by atoms with Crippen LogP contribution in [0.2, 0.25) is 5.02 Å². The maximum atomic E-state index is 10.4. The molecule has 3 aliphatic rings. The van der Waals surface area contributed by atoms with Crippen LogP contribution in [0.15, 0.2) is 59.1 Å². The number of halogens is 1. The summed E-state index contributed by atoms with van der Waals surface area (Å²) < 4.78 is 5.69. The van der Waals surface area contributed by atoms with Crippen molar-refractivity contribution in [1.29, 1.82) is 0 Å². The van der Waals surface area contributed by atoms with Gasteiger partial charge in [0.2, 0.25) is 0 Å². The third kappa shape index (κ3) is 5.52. The Labute approximate surface area is 204 Å². The highest BCUT2D eigenvalue weighted by atomic mass is 35.5. The molecular weight excluding hydrogens is 454 g/mol. The lowest BCUT2D eigenvalue weighted by Crippen LogP contribution is -2.55. The van der Waals surface area contributed by atoms with Crippen LogP contribution in [-0.2, 0) is 11.2 Å². The Hall–Kier alpha value is -2.24. The van der Waals surface area contributed by atoms with E-state index in [-0.39, 0.29) is 17.9 Å². The molecule has 8 atom stereocenters. The highest BCUT2D eigenvalue weighted by molar-refractivity contribution is 6.31. The molecule has 1 aromatic carbocycles. The van der Waals surface area contributed by atoms with Crippen molar-refractivity contribution in [2.24, 2.45) is 16.8 Å². The first-order valence-electron chi connectivity index (χ1n) is 11.5. The minimum atomic E-state index is -1.42. The average molecular weight is 484 g/mol. The number of aliphatic imine (C=N–C) groups is 1. The largest absolute Gasteiger partial charge is 0.394 e. The summed E-state index contributed by atoms with van der Waals surface area (Å²) in [5, 5.41) is 40.7. The second kappa shape index (κ2) is 11.0. The van der Waals surface area contributed by atoms with E-state index in [9.17, 15) is 20.4 Å². The van der Waals surface area contributed by atoms with Gasteiger partial charge in [0.05, 0.1) is 18.6 Å². The third-order valence-electron chi connectivity index (χ3n) is 6.54. The van der Waals surface area contributed by atoms with Crippen LogP contribution >= 0.6 is 11.6 Å². The van der Waals surface area contributed by atoms with Crippen molar-refractivity contribution in [3.8, 4) is 11.8 Å². The Morgan fingerprint density at radius 2 is 1.94 bits per heavy atom. The van der Waals surface area contributed by atoms with E-state index in [1.807, 2.05) is 18.4 Å². The first kappa shape index (κ1) is 24.9. The van der Waals surface area contributed by atoms with Gasteiger partial charge in [-0.25, -0.2) is 0 Å². The number of hydrogen-bond acceptors (Lipinski definition) is 6. The second-order valence-corrected chi connectivity index (χ2v) is 9.40. The Bertz CT molecular complexity index is 1070. The fourth-order valence-corrected chi connectivity index (χ4v) is 4.57. The molecule has 0 bridgehead atoms. The van der Waals surface area contributed by atoms with Crippen LogP contribution in [0.25, 0.3) is 0 Å². The summed E-state index contributed by atoms with van der Waals surface area (Å²) in [6, 6.07) is 5.47. The molecule has 1 aliphatic carbocycles. The van der Waals surface area contributed by atoms with Gasteiger partial charge in [-0.1, -0.05) is 59.9 Å². The van der Waals surface area contributed by atoms with Gasteiger partial charge in [-0.2, -0.15) is 0 Å². The zero-order chi connectivity index (χ0) is 24.2. The van der Waals surface area contributed by atoms with Gasteiger partial charge in [0.15, 0.2) is 0 Å². The predicted molar refractivity (Wildman–Crippen MR) is 132 cm³/mol. The lowest BCUT2D eigenvalue weighted by atomic mass is 9.89. The molecule has 0 aromatic heterocycles. The molecule has 0 radical (unpaired) electrons. The number of allylic oxidation sites excluding steroid dienone is 5. The summed E-state index contributed by atoms with van der Waals surface area (Å²) in [5.74, 6) is 6.99. The Balaban J connectivity index is 1.43. The summed E-state index contributed by atoms with van der Waals surface area (Å²) in [5.41, 5.74) is 2.59. The number of rotatable bonds is 4. The van der Waals surface area contributed by atoms with E-state index in [4.69, 9.17) is 16.3 Å². The molecule has 1 fully saturated rings. The van der Waals surface area contributed by atoms with E-state index in [1.165, 1.54) is 0 Å². The van der Waals surface area contributed by atoms with Crippen molar-refractivity contribution < 1.29 is 25.2 Å².